The van der Waals surface area contributed by atoms with Crippen molar-refractivity contribution in [1.29, 1.82) is 0 Å². The number of ether oxygens (including phenoxy) is 1. The number of hydrogen-bond donors (Lipinski definition) is 1. The van der Waals surface area contributed by atoms with Gasteiger partial charge in [0.05, 0.1) is 18.2 Å². The molecule has 0 aliphatic carbocycles. The van der Waals surface area contributed by atoms with E-state index in [2.05, 4.69) is 17.1 Å². The van der Waals surface area contributed by atoms with Gasteiger partial charge in [0.1, 0.15) is 23.1 Å². The molecule has 1 fully saturated rings. The van der Waals surface area contributed by atoms with E-state index in [9.17, 15) is 23.5 Å². The van der Waals surface area contributed by atoms with Crippen LogP contribution in [0, 0.1) is 11.6 Å². The van der Waals surface area contributed by atoms with Crippen LogP contribution < -0.4 is 9.64 Å². The number of carbonyl (C=O) groups excluding carboxylic acids is 2. The van der Waals surface area contributed by atoms with Gasteiger partial charge in [-0.3, -0.25) is 14.5 Å². The van der Waals surface area contributed by atoms with Crippen LogP contribution in [0.4, 0.5) is 13.9 Å². The summed E-state index contributed by atoms with van der Waals surface area (Å²) in [7, 11) is 0. The van der Waals surface area contributed by atoms with Crippen molar-refractivity contribution < 1.29 is 28.2 Å². The molecule has 1 aliphatic heterocycles. The Kier molecular flexibility index (Phi) is 9.28. The number of hydrogen-bond acceptors (Lipinski definition) is 8. The number of halogens is 2. The van der Waals surface area contributed by atoms with Crippen molar-refractivity contribution in [1.82, 2.24) is 10.2 Å². The number of carbonyl (C=O) groups is 2. The number of benzene rings is 3. The minimum absolute atomic E-state index is 0.140. The monoisotopic (exact) mass is 607 g/mol. The molecular weight excluding hydrogens is 580 g/mol. The lowest BCUT2D eigenvalue weighted by Crippen LogP contribution is -2.29. The topological polar surface area (TPSA) is 92.6 Å². The molecule has 42 heavy (non-hydrogen) atoms. The Bertz CT molecular complexity index is 1590. The van der Waals surface area contributed by atoms with Gasteiger partial charge in [-0.1, -0.05) is 67.1 Å². The smallest absolute Gasteiger partial charge is 0.301 e. The molecule has 7 nitrogen and oxygen atoms in total. The fraction of sp³-hybridized carbons (Fsp3) is 0.226. The number of amides is 1. The maximum Gasteiger partial charge on any atom is 0.301 e. The minimum Gasteiger partial charge on any atom is -0.507 e. The second-order valence-corrected chi connectivity index (χ2v) is 11.7. The number of nitrogens with zero attached hydrogens (tertiary/aromatic N) is 3. The third-order valence-corrected chi connectivity index (χ3v) is 8.78. The molecule has 0 radical (unpaired) electrons. The summed E-state index contributed by atoms with van der Waals surface area (Å²) in [5, 5.41) is 19.8. The van der Waals surface area contributed by atoms with Crippen LogP contribution in [0.1, 0.15) is 48.9 Å². The summed E-state index contributed by atoms with van der Waals surface area (Å²) in [5.41, 5.74) is 1.49. The molecule has 1 aromatic heterocycles. The molecule has 1 unspecified atom stereocenters. The van der Waals surface area contributed by atoms with Gasteiger partial charge in [-0.05, 0) is 66.1 Å². The van der Waals surface area contributed by atoms with Gasteiger partial charge >= 0.3 is 5.91 Å². The Morgan fingerprint density at radius 1 is 0.952 bits per heavy atom. The summed E-state index contributed by atoms with van der Waals surface area (Å²) in [4.78, 5) is 28.0. The lowest BCUT2D eigenvalue weighted by molar-refractivity contribution is -0.132. The SMILES string of the molecule is CCCCCOc1ccc(C2/C(=C(/O)c3ccc(F)cc3)C(=O)C(=O)N2c2nnc(SCc3ccc(F)cc3)s2)cc1. The van der Waals surface area contributed by atoms with Gasteiger partial charge < -0.3 is 9.84 Å². The number of anilines is 1. The Hall–Kier alpha value is -4.09. The number of rotatable bonds is 11. The van der Waals surface area contributed by atoms with Crippen molar-refractivity contribution in [2.24, 2.45) is 0 Å². The first-order valence-electron chi connectivity index (χ1n) is 13.4. The van der Waals surface area contributed by atoms with Crippen LogP contribution in [0.25, 0.3) is 5.76 Å². The molecule has 1 aliphatic rings. The molecule has 11 heteroatoms. The van der Waals surface area contributed by atoms with Crippen molar-refractivity contribution in [3.8, 4) is 5.75 Å². The Morgan fingerprint density at radius 2 is 1.62 bits per heavy atom. The zero-order valence-electron chi connectivity index (χ0n) is 22.6. The zero-order chi connectivity index (χ0) is 29.6. The van der Waals surface area contributed by atoms with Gasteiger partial charge in [-0.25, -0.2) is 8.78 Å². The number of aromatic nitrogens is 2. The van der Waals surface area contributed by atoms with Crippen molar-refractivity contribution in [3.05, 3.63) is 107 Å². The fourth-order valence-electron chi connectivity index (χ4n) is 4.48. The Morgan fingerprint density at radius 3 is 2.29 bits per heavy atom. The van der Waals surface area contributed by atoms with Gasteiger partial charge in [-0.15, -0.1) is 10.2 Å². The van der Waals surface area contributed by atoms with E-state index in [0.717, 1.165) is 36.2 Å². The fourth-order valence-corrected chi connectivity index (χ4v) is 6.30. The molecule has 0 bridgehead atoms. The molecule has 5 rings (SSSR count). The van der Waals surface area contributed by atoms with Gasteiger partial charge in [0.15, 0.2) is 4.34 Å². The van der Waals surface area contributed by atoms with E-state index in [1.165, 1.54) is 53.1 Å². The Labute approximate surface area is 249 Å². The van der Waals surface area contributed by atoms with Gasteiger partial charge in [-0.2, -0.15) is 0 Å². The largest absolute Gasteiger partial charge is 0.507 e. The van der Waals surface area contributed by atoms with Crippen LogP contribution in [0.15, 0.2) is 82.7 Å². The second-order valence-electron chi connectivity index (χ2n) is 9.57. The predicted molar refractivity (Wildman–Crippen MR) is 159 cm³/mol. The first-order chi connectivity index (χ1) is 20.4. The molecule has 216 valence electrons. The number of unbranched alkanes of at least 4 members (excludes halogenated alkanes) is 2. The van der Waals surface area contributed by atoms with E-state index in [-0.39, 0.29) is 22.1 Å². The minimum atomic E-state index is -1.01. The normalized spacial score (nSPS) is 16.3. The third-order valence-electron chi connectivity index (χ3n) is 6.65. The average molecular weight is 608 g/mol. The van der Waals surface area contributed by atoms with Crippen molar-refractivity contribution >= 4 is 45.7 Å². The molecule has 3 aromatic carbocycles. The molecule has 4 aromatic rings. The van der Waals surface area contributed by atoms with Crippen LogP contribution in [0.3, 0.4) is 0 Å². The highest BCUT2D eigenvalue weighted by Crippen LogP contribution is 2.44. The molecule has 2 heterocycles. The van der Waals surface area contributed by atoms with E-state index >= 15 is 0 Å². The van der Waals surface area contributed by atoms with E-state index in [0.29, 0.717) is 28.0 Å². The number of ketones is 1. The van der Waals surface area contributed by atoms with Crippen LogP contribution >= 0.6 is 23.1 Å². The molecule has 1 N–H and O–H groups in total. The molecule has 0 spiro atoms. The average Bonchev–Trinajstić information content (AvgIpc) is 3.57. The first kappa shape index (κ1) is 29.4. The Balaban J connectivity index is 1.48. The molecule has 0 saturated carbocycles. The number of aliphatic hydroxyl groups is 1. The summed E-state index contributed by atoms with van der Waals surface area (Å²) < 4.78 is 33.2. The lowest BCUT2D eigenvalue weighted by atomic mass is 9.95. The maximum atomic E-state index is 13.6. The summed E-state index contributed by atoms with van der Waals surface area (Å²) >= 11 is 2.49. The molecular formula is C31H27F2N3O4S2. The van der Waals surface area contributed by atoms with Crippen molar-refractivity contribution in [2.45, 2.75) is 42.3 Å². The quantitative estimate of drug-likeness (QED) is 0.0478. The summed E-state index contributed by atoms with van der Waals surface area (Å²) in [6, 6.07) is 17.1. The highest BCUT2D eigenvalue weighted by molar-refractivity contribution is 8.00. The summed E-state index contributed by atoms with van der Waals surface area (Å²) in [6.45, 7) is 2.68. The molecule has 1 saturated heterocycles. The summed E-state index contributed by atoms with van der Waals surface area (Å²) in [6.07, 6.45) is 3.06. The van der Waals surface area contributed by atoms with E-state index < -0.39 is 29.3 Å². The van der Waals surface area contributed by atoms with Gasteiger partial charge in [0, 0.05) is 11.3 Å². The van der Waals surface area contributed by atoms with E-state index in [1.54, 1.807) is 36.4 Å². The van der Waals surface area contributed by atoms with Crippen molar-refractivity contribution in [3.63, 3.8) is 0 Å². The number of aliphatic hydroxyl groups excluding tert-OH is 1. The van der Waals surface area contributed by atoms with E-state index in [4.69, 9.17) is 4.74 Å². The van der Waals surface area contributed by atoms with Crippen molar-refractivity contribution in [2.75, 3.05) is 11.5 Å². The highest BCUT2D eigenvalue weighted by Gasteiger charge is 2.48. The first-order valence-corrected chi connectivity index (χ1v) is 15.2. The van der Waals surface area contributed by atoms with E-state index in [1.807, 2.05) is 0 Å². The van der Waals surface area contributed by atoms with Crippen LogP contribution in [-0.4, -0.2) is 33.6 Å². The van der Waals surface area contributed by atoms with Crippen LogP contribution in [0.2, 0.25) is 0 Å². The predicted octanol–water partition coefficient (Wildman–Crippen LogP) is 7.30. The molecule has 1 atom stereocenters. The number of thioether (sulfide) groups is 1. The second kappa shape index (κ2) is 13.3. The van der Waals surface area contributed by atoms with Crippen LogP contribution in [-0.2, 0) is 15.3 Å². The van der Waals surface area contributed by atoms with Gasteiger partial charge in [0.25, 0.3) is 5.78 Å². The summed E-state index contributed by atoms with van der Waals surface area (Å²) in [5.74, 6) is -1.86. The van der Waals surface area contributed by atoms with Crippen LogP contribution in [0.5, 0.6) is 5.75 Å². The third kappa shape index (κ3) is 6.52. The standard InChI is InChI=1S/C31H27F2N3O4S2/c1-2-3-4-17-40-24-15-9-20(10-16-24)26-25(27(37)21-7-13-23(33)14-8-21)28(38)29(39)36(26)30-34-35-31(42-30)41-18-19-5-11-22(32)12-6-19/h5-16,26,37H,2-4,17-18H2,1H3/b27-25-. The number of Topliss-reactive ketones (excluding diaryl/α,β-unsaturated/α-hetero) is 1. The highest BCUT2D eigenvalue weighted by atomic mass is 32.2. The molecule has 1 amide bonds. The maximum absolute atomic E-state index is 13.6. The zero-order valence-corrected chi connectivity index (χ0v) is 24.3. The lowest BCUT2D eigenvalue weighted by Gasteiger charge is -2.22. The van der Waals surface area contributed by atoms with Gasteiger partial charge in [0.2, 0.25) is 5.13 Å².